The third-order valence-corrected chi connectivity index (χ3v) is 3.16. The van der Waals surface area contributed by atoms with E-state index in [0.717, 1.165) is 24.2 Å². The Labute approximate surface area is 94.6 Å². The molecular formula is C12H17NO3. The van der Waals surface area contributed by atoms with E-state index in [4.69, 9.17) is 9.52 Å². The van der Waals surface area contributed by atoms with Gasteiger partial charge in [0.1, 0.15) is 5.76 Å². The van der Waals surface area contributed by atoms with Crippen molar-refractivity contribution >= 4 is 5.91 Å². The van der Waals surface area contributed by atoms with E-state index in [2.05, 4.69) is 5.32 Å². The second kappa shape index (κ2) is 3.94. The van der Waals surface area contributed by atoms with Crippen molar-refractivity contribution in [3.63, 3.8) is 0 Å². The fourth-order valence-corrected chi connectivity index (χ4v) is 1.78. The minimum atomic E-state index is -0.190. The quantitative estimate of drug-likeness (QED) is 0.811. The van der Waals surface area contributed by atoms with E-state index < -0.39 is 0 Å². The van der Waals surface area contributed by atoms with Crippen LogP contribution in [0.15, 0.2) is 10.5 Å². The number of hydrogen-bond donors (Lipinski definition) is 2. The molecule has 88 valence electrons. The molecule has 1 aliphatic carbocycles. The summed E-state index contributed by atoms with van der Waals surface area (Å²) < 4.78 is 5.32. The molecule has 1 amide bonds. The summed E-state index contributed by atoms with van der Waals surface area (Å²) in [5, 5.41) is 11.9. The molecule has 0 aromatic carbocycles. The average Bonchev–Trinajstić information content (AvgIpc) is 2.96. The smallest absolute Gasteiger partial charge is 0.287 e. The first-order valence-electron chi connectivity index (χ1n) is 5.52. The molecule has 0 atom stereocenters. The molecule has 1 aromatic heterocycles. The lowest BCUT2D eigenvalue weighted by molar-refractivity contribution is 0.0905. The van der Waals surface area contributed by atoms with Gasteiger partial charge in [0.05, 0.1) is 6.61 Å². The number of amides is 1. The Balaban J connectivity index is 1.96. The van der Waals surface area contributed by atoms with Crippen molar-refractivity contribution in [2.24, 2.45) is 5.41 Å². The molecule has 2 N–H and O–H groups in total. The SMILES string of the molecule is Cc1cc(C)c(C(=O)NCC2(CO)CC2)o1. The van der Waals surface area contributed by atoms with Gasteiger partial charge in [-0.05, 0) is 32.8 Å². The van der Waals surface area contributed by atoms with Crippen LogP contribution >= 0.6 is 0 Å². The summed E-state index contributed by atoms with van der Waals surface area (Å²) in [6, 6.07) is 1.84. The van der Waals surface area contributed by atoms with Crippen LogP contribution in [0.25, 0.3) is 0 Å². The van der Waals surface area contributed by atoms with Crippen LogP contribution in [0.3, 0.4) is 0 Å². The molecule has 1 saturated carbocycles. The summed E-state index contributed by atoms with van der Waals surface area (Å²) in [6.07, 6.45) is 1.97. The maximum Gasteiger partial charge on any atom is 0.287 e. The topological polar surface area (TPSA) is 62.5 Å². The first kappa shape index (κ1) is 11.2. The number of carbonyl (C=O) groups excluding carboxylic acids is 1. The van der Waals surface area contributed by atoms with Crippen molar-refractivity contribution in [3.05, 3.63) is 23.2 Å². The summed E-state index contributed by atoms with van der Waals surface area (Å²) in [7, 11) is 0. The van der Waals surface area contributed by atoms with Crippen LogP contribution < -0.4 is 5.32 Å². The van der Waals surface area contributed by atoms with Gasteiger partial charge in [-0.2, -0.15) is 0 Å². The number of aliphatic hydroxyl groups is 1. The molecule has 0 bridgehead atoms. The molecule has 1 aromatic rings. The number of rotatable bonds is 4. The van der Waals surface area contributed by atoms with Crippen molar-refractivity contribution in [3.8, 4) is 0 Å². The lowest BCUT2D eigenvalue weighted by Gasteiger charge is -2.11. The van der Waals surface area contributed by atoms with Crippen molar-refractivity contribution in [2.75, 3.05) is 13.2 Å². The number of aliphatic hydroxyl groups excluding tert-OH is 1. The lowest BCUT2D eigenvalue weighted by Crippen LogP contribution is -2.31. The van der Waals surface area contributed by atoms with Gasteiger partial charge in [0.25, 0.3) is 5.91 Å². The maximum atomic E-state index is 11.8. The molecule has 0 saturated heterocycles. The fraction of sp³-hybridized carbons (Fsp3) is 0.583. The molecule has 0 radical (unpaired) electrons. The molecule has 1 fully saturated rings. The molecule has 1 heterocycles. The van der Waals surface area contributed by atoms with Crippen molar-refractivity contribution in [1.82, 2.24) is 5.32 Å². The largest absolute Gasteiger partial charge is 0.456 e. The second-order valence-electron chi connectivity index (χ2n) is 4.71. The molecule has 0 spiro atoms. The fourth-order valence-electron chi connectivity index (χ4n) is 1.78. The van der Waals surface area contributed by atoms with Crippen LogP contribution in [0.5, 0.6) is 0 Å². The molecular weight excluding hydrogens is 206 g/mol. The minimum Gasteiger partial charge on any atom is -0.456 e. The summed E-state index contributed by atoms with van der Waals surface area (Å²) in [5.41, 5.74) is 0.786. The van der Waals surface area contributed by atoms with E-state index in [1.54, 1.807) is 0 Å². The highest BCUT2D eigenvalue weighted by Gasteiger charge is 2.42. The third kappa shape index (κ3) is 2.11. The van der Waals surface area contributed by atoms with Gasteiger partial charge < -0.3 is 14.8 Å². The normalized spacial score (nSPS) is 17.2. The Morgan fingerprint density at radius 2 is 2.25 bits per heavy atom. The Bertz CT molecular complexity index is 404. The molecule has 2 rings (SSSR count). The number of nitrogens with one attached hydrogen (secondary N) is 1. The summed E-state index contributed by atoms with van der Waals surface area (Å²) >= 11 is 0. The van der Waals surface area contributed by atoms with E-state index in [-0.39, 0.29) is 17.9 Å². The van der Waals surface area contributed by atoms with Crippen LogP contribution in [-0.2, 0) is 0 Å². The highest BCUT2D eigenvalue weighted by atomic mass is 16.3. The van der Waals surface area contributed by atoms with Gasteiger partial charge in [0, 0.05) is 17.5 Å². The Kier molecular flexibility index (Phi) is 2.76. The van der Waals surface area contributed by atoms with Crippen LogP contribution in [0, 0.1) is 19.3 Å². The van der Waals surface area contributed by atoms with Crippen molar-refractivity contribution < 1.29 is 14.3 Å². The molecule has 0 unspecified atom stereocenters. The second-order valence-corrected chi connectivity index (χ2v) is 4.71. The van der Waals surface area contributed by atoms with Crippen molar-refractivity contribution in [1.29, 1.82) is 0 Å². The van der Waals surface area contributed by atoms with Gasteiger partial charge in [-0.15, -0.1) is 0 Å². The summed E-state index contributed by atoms with van der Waals surface area (Å²) in [5.74, 6) is 0.933. The zero-order valence-corrected chi connectivity index (χ0v) is 9.67. The van der Waals surface area contributed by atoms with E-state index >= 15 is 0 Å². The minimum absolute atomic E-state index is 0.0643. The third-order valence-electron chi connectivity index (χ3n) is 3.16. The number of hydrogen-bond acceptors (Lipinski definition) is 3. The monoisotopic (exact) mass is 223 g/mol. The first-order chi connectivity index (χ1) is 7.56. The molecule has 4 heteroatoms. The van der Waals surface area contributed by atoms with E-state index in [1.165, 1.54) is 0 Å². The molecule has 16 heavy (non-hydrogen) atoms. The van der Waals surface area contributed by atoms with Gasteiger partial charge in [-0.25, -0.2) is 0 Å². The lowest BCUT2D eigenvalue weighted by atomic mass is 10.1. The molecule has 0 aliphatic heterocycles. The predicted molar refractivity (Wildman–Crippen MR) is 59.3 cm³/mol. The van der Waals surface area contributed by atoms with Gasteiger partial charge in [0.2, 0.25) is 0 Å². The highest BCUT2D eigenvalue weighted by Crippen LogP contribution is 2.44. The summed E-state index contributed by atoms with van der Waals surface area (Å²) in [4.78, 5) is 11.8. The first-order valence-corrected chi connectivity index (χ1v) is 5.52. The standard InChI is InChI=1S/C12H17NO3/c1-8-5-9(2)16-10(8)11(15)13-6-12(7-14)3-4-12/h5,14H,3-4,6-7H2,1-2H3,(H,13,15). The van der Waals surface area contributed by atoms with Crippen molar-refractivity contribution in [2.45, 2.75) is 26.7 Å². The van der Waals surface area contributed by atoms with Gasteiger partial charge in [-0.1, -0.05) is 0 Å². The van der Waals surface area contributed by atoms with Crippen LogP contribution in [0.2, 0.25) is 0 Å². The average molecular weight is 223 g/mol. The van der Waals surface area contributed by atoms with Crippen LogP contribution in [0.4, 0.5) is 0 Å². The van der Waals surface area contributed by atoms with Gasteiger partial charge in [-0.3, -0.25) is 4.79 Å². The Morgan fingerprint density at radius 1 is 1.56 bits per heavy atom. The van der Waals surface area contributed by atoms with Gasteiger partial charge >= 0.3 is 0 Å². The molecule has 1 aliphatic rings. The Morgan fingerprint density at radius 3 is 2.69 bits per heavy atom. The number of furan rings is 1. The predicted octanol–water partition coefficient (Wildman–Crippen LogP) is 1.40. The van der Waals surface area contributed by atoms with E-state index in [9.17, 15) is 4.79 Å². The number of aryl methyl sites for hydroxylation is 2. The highest BCUT2D eigenvalue weighted by molar-refractivity contribution is 5.92. The van der Waals surface area contributed by atoms with Crippen LogP contribution in [-0.4, -0.2) is 24.2 Å². The van der Waals surface area contributed by atoms with E-state index in [0.29, 0.717) is 12.3 Å². The number of carbonyl (C=O) groups is 1. The zero-order valence-electron chi connectivity index (χ0n) is 9.67. The summed E-state index contributed by atoms with van der Waals surface area (Å²) in [6.45, 7) is 4.34. The molecule has 4 nitrogen and oxygen atoms in total. The maximum absolute atomic E-state index is 11.8. The van der Waals surface area contributed by atoms with E-state index in [1.807, 2.05) is 19.9 Å². The Hall–Kier alpha value is -1.29. The van der Waals surface area contributed by atoms with Gasteiger partial charge in [0.15, 0.2) is 5.76 Å². The zero-order chi connectivity index (χ0) is 11.8. The van der Waals surface area contributed by atoms with Crippen LogP contribution in [0.1, 0.15) is 34.7 Å².